The van der Waals surface area contributed by atoms with Gasteiger partial charge in [-0.15, -0.1) is 0 Å². The molecule has 0 atom stereocenters. The largest absolute Gasteiger partial charge is 0.377 e. The fourth-order valence-electron chi connectivity index (χ4n) is 1.27. The van der Waals surface area contributed by atoms with E-state index in [0.29, 0.717) is 19.2 Å². The first-order valence-electron chi connectivity index (χ1n) is 4.28. The zero-order valence-corrected chi connectivity index (χ0v) is 7.28. The van der Waals surface area contributed by atoms with Gasteiger partial charge in [-0.1, -0.05) is 0 Å². The van der Waals surface area contributed by atoms with Crippen LogP contribution in [0.15, 0.2) is 12.1 Å². The zero-order chi connectivity index (χ0) is 10.1. The van der Waals surface area contributed by atoms with Crippen molar-refractivity contribution in [3.05, 3.63) is 29.6 Å². The van der Waals surface area contributed by atoms with Gasteiger partial charge in [0.1, 0.15) is 5.82 Å². The lowest BCUT2D eigenvalue weighted by molar-refractivity contribution is 0.461. The predicted octanol–water partition coefficient (Wildman–Crippen LogP) is 1.49. The maximum Gasteiger partial charge on any atom is 0.182 e. The molecule has 2 N–H and O–H groups in total. The van der Waals surface area contributed by atoms with Crippen molar-refractivity contribution in [3.8, 4) is 0 Å². The van der Waals surface area contributed by atoms with Crippen molar-refractivity contribution in [2.24, 2.45) is 0 Å². The highest BCUT2D eigenvalue weighted by atomic mass is 19.2. The molecule has 1 saturated heterocycles. The summed E-state index contributed by atoms with van der Waals surface area (Å²) in [6.45, 7) is 1.36. The maximum absolute atomic E-state index is 13.1. The van der Waals surface area contributed by atoms with E-state index in [2.05, 4.69) is 10.6 Å². The van der Waals surface area contributed by atoms with Crippen LogP contribution in [0, 0.1) is 17.5 Å². The Bertz CT molecular complexity index is 350. The van der Waals surface area contributed by atoms with Crippen LogP contribution in [-0.2, 0) is 0 Å². The van der Waals surface area contributed by atoms with Gasteiger partial charge in [0.15, 0.2) is 11.6 Å². The number of benzene rings is 1. The Balaban J connectivity index is 2.22. The lowest BCUT2D eigenvalue weighted by atomic mass is 10.1. The number of hydrogen-bond donors (Lipinski definition) is 2. The number of anilines is 1. The SMILES string of the molecule is Fc1cc(F)c(F)c(NC2CNC2)c1. The first-order chi connectivity index (χ1) is 6.66. The molecular weight excluding hydrogens is 193 g/mol. The molecule has 1 fully saturated rings. The highest BCUT2D eigenvalue weighted by Gasteiger charge is 2.19. The second-order valence-corrected chi connectivity index (χ2v) is 3.25. The monoisotopic (exact) mass is 202 g/mol. The molecule has 0 aromatic heterocycles. The normalized spacial score (nSPS) is 16.5. The minimum Gasteiger partial charge on any atom is -0.377 e. The summed E-state index contributed by atoms with van der Waals surface area (Å²) in [6.07, 6.45) is 0. The van der Waals surface area contributed by atoms with Crippen molar-refractivity contribution in [2.45, 2.75) is 6.04 Å². The molecule has 0 radical (unpaired) electrons. The molecule has 5 heteroatoms. The van der Waals surface area contributed by atoms with Gasteiger partial charge in [0, 0.05) is 25.2 Å². The molecule has 2 rings (SSSR count). The molecule has 0 spiro atoms. The van der Waals surface area contributed by atoms with E-state index >= 15 is 0 Å². The Morgan fingerprint density at radius 3 is 2.50 bits per heavy atom. The van der Waals surface area contributed by atoms with Crippen LogP contribution in [0.3, 0.4) is 0 Å². The molecule has 1 aliphatic heterocycles. The Kier molecular flexibility index (Phi) is 2.33. The molecule has 1 aromatic carbocycles. The van der Waals surface area contributed by atoms with Crippen LogP contribution in [0.5, 0.6) is 0 Å². The van der Waals surface area contributed by atoms with Crippen LogP contribution in [0.25, 0.3) is 0 Å². The highest BCUT2D eigenvalue weighted by molar-refractivity contribution is 5.46. The summed E-state index contributed by atoms with van der Waals surface area (Å²) < 4.78 is 38.5. The molecule has 0 unspecified atom stereocenters. The summed E-state index contributed by atoms with van der Waals surface area (Å²) in [5.74, 6) is -2.98. The van der Waals surface area contributed by atoms with Crippen molar-refractivity contribution in [1.29, 1.82) is 0 Å². The molecule has 1 aromatic rings. The van der Waals surface area contributed by atoms with E-state index in [1.807, 2.05) is 0 Å². The van der Waals surface area contributed by atoms with Gasteiger partial charge in [0.2, 0.25) is 0 Å². The predicted molar refractivity (Wildman–Crippen MR) is 46.6 cm³/mol. The van der Waals surface area contributed by atoms with Crippen LogP contribution in [0.2, 0.25) is 0 Å². The van der Waals surface area contributed by atoms with Crippen molar-refractivity contribution in [1.82, 2.24) is 5.32 Å². The number of rotatable bonds is 2. The number of halogens is 3. The van der Waals surface area contributed by atoms with E-state index in [-0.39, 0.29) is 11.7 Å². The van der Waals surface area contributed by atoms with E-state index in [0.717, 1.165) is 6.07 Å². The van der Waals surface area contributed by atoms with Crippen LogP contribution >= 0.6 is 0 Å². The lowest BCUT2D eigenvalue weighted by Crippen LogP contribution is -2.51. The van der Waals surface area contributed by atoms with Crippen LogP contribution in [0.4, 0.5) is 18.9 Å². The maximum atomic E-state index is 13.1. The Morgan fingerprint density at radius 1 is 1.21 bits per heavy atom. The van der Waals surface area contributed by atoms with Gasteiger partial charge < -0.3 is 10.6 Å². The van der Waals surface area contributed by atoms with Gasteiger partial charge in [-0.2, -0.15) is 0 Å². The molecule has 0 amide bonds. The Labute approximate surface area is 79.1 Å². The molecule has 0 aliphatic carbocycles. The first-order valence-corrected chi connectivity index (χ1v) is 4.28. The van der Waals surface area contributed by atoms with Gasteiger partial charge in [-0.05, 0) is 0 Å². The molecule has 0 saturated carbocycles. The van der Waals surface area contributed by atoms with Crippen molar-refractivity contribution in [3.63, 3.8) is 0 Å². The second-order valence-electron chi connectivity index (χ2n) is 3.25. The van der Waals surface area contributed by atoms with Gasteiger partial charge in [-0.3, -0.25) is 0 Å². The molecule has 1 aliphatic rings. The fraction of sp³-hybridized carbons (Fsp3) is 0.333. The van der Waals surface area contributed by atoms with E-state index in [1.54, 1.807) is 0 Å². The topological polar surface area (TPSA) is 24.1 Å². The van der Waals surface area contributed by atoms with Crippen molar-refractivity contribution in [2.75, 3.05) is 18.4 Å². The van der Waals surface area contributed by atoms with E-state index in [4.69, 9.17) is 0 Å². The third kappa shape index (κ3) is 1.68. The molecule has 14 heavy (non-hydrogen) atoms. The highest BCUT2D eigenvalue weighted by Crippen LogP contribution is 2.20. The summed E-state index contributed by atoms with van der Waals surface area (Å²) >= 11 is 0. The molecule has 76 valence electrons. The summed E-state index contributed by atoms with van der Waals surface area (Å²) in [4.78, 5) is 0. The average Bonchev–Trinajstić information content (AvgIpc) is 2.05. The molecule has 1 heterocycles. The van der Waals surface area contributed by atoms with Crippen molar-refractivity contribution >= 4 is 5.69 Å². The molecule has 0 bridgehead atoms. The second kappa shape index (κ2) is 3.49. The minimum absolute atomic E-state index is 0.0469. The Hall–Kier alpha value is -1.23. The summed E-state index contributed by atoms with van der Waals surface area (Å²) in [5, 5.41) is 5.67. The van der Waals surface area contributed by atoms with E-state index < -0.39 is 17.5 Å². The first kappa shape index (κ1) is 9.33. The van der Waals surface area contributed by atoms with Crippen molar-refractivity contribution < 1.29 is 13.2 Å². The van der Waals surface area contributed by atoms with E-state index in [9.17, 15) is 13.2 Å². The van der Waals surface area contributed by atoms with Gasteiger partial charge >= 0.3 is 0 Å². The van der Waals surface area contributed by atoms with Gasteiger partial charge in [-0.25, -0.2) is 13.2 Å². The summed E-state index contributed by atoms with van der Waals surface area (Å²) in [5.41, 5.74) is -0.117. The quantitative estimate of drug-likeness (QED) is 0.710. The smallest absolute Gasteiger partial charge is 0.182 e. The van der Waals surface area contributed by atoms with Crippen LogP contribution in [0.1, 0.15) is 0 Å². The van der Waals surface area contributed by atoms with E-state index in [1.165, 1.54) is 0 Å². The van der Waals surface area contributed by atoms with Crippen LogP contribution < -0.4 is 10.6 Å². The summed E-state index contributed by atoms with van der Waals surface area (Å²) in [7, 11) is 0. The Morgan fingerprint density at radius 2 is 1.93 bits per heavy atom. The third-order valence-electron chi connectivity index (χ3n) is 2.13. The third-order valence-corrected chi connectivity index (χ3v) is 2.13. The average molecular weight is 202 g/mol. The standard InChI is InChI=1S/C9H9F3N2/c10-5-1-7(11)9(12)8(2-5)14-6-3-13-4-6/h1-2,6,13-14H,3-4H2. The zero-order valence-electron chi connectivity index (χ0n) is 7.28. The number of hydrogen-bond acceptors (Lipinski definition) is 2. The van der Waals surface area contributed by atoms with Crippen LogP contribution in [-0.4, -0.2) is 19.1 Å². The van der Waals surface area contributed by atoms with Gasteiger partial charge in [0.05, 0.1) is 11.7 Å². The lowest BCUT2D eigenvalue weighted by Gasteiger charge is -2.29. The fourth-order valence-corrected chi connectivity index (χ4v) is 1.27. The number of nitrogens with one attached hydrogen (secondary N) is 2. The minimum atomic E-state index is -1.17. The summed E-state index contributed by atoms with van der Waals surface area (Å²) in [6, 6.07) is 1.53. The molecule has 2 nitrogen and oxygen atoms in total. The molecular formula is C9H9F3N2. The van der Waals surface area contributed by atoms with Gasteiger partial charge in [0.25, 0.3) is 0 Å².